The van der Waals surface area contributed by atoms with E-state index < -0.39 is 0 Å². The summed E-state index contributed by atoms with van der Waals surface area (Å²) in [5.41, 5.74) is 5.28. The number of halogens is 1. The number of aryl methyl sites for hydroxylation is 1. The van der Waals surface area contributed by atoms with E-state index in [1.165, 1.54) is 11.1 Å². The van der Waals surface area contributed by atoms with Crippen molar-refractivity contribution in [3.8, 4) is 0 Å². The monoisotopic (exact) mass is 268 g/mol. The van der Waals surface area contributed by atoms with Crippen molar-refractivity contribution < 1.29 is 0 Å². The summed E-state index contributed by atoms with van der Waals surface area (Å²) in [5, 5.41) is 0. The predicted molar refractivity (Wildman–Crippen MR) is 68.4 cm³/mol. The van der Waals surface area contributed by atoms with Crippen molar-refractivity contribution in [1.82, 2.24) is 5.43 Å². The fourth-order valence-corrected chi connectivity index (χ4v) is 2.09. The molecule has 0 aliphatic carbocycles. The Morgan fingerprint density at radius 1 is 1.60 bits per heavy atom. The summed E-state index contributed by atoms with van der Waals surface area (Å²) in [6, 6.07) is 6.39. The van der Waals surface area contributed by atoms with E-state index in [4.69, 9.17) is 5.84 Å². The molecule has 1 aromatic carbocycles. The van der Waals surface area contributed by atoms with Gasteiger partial charge in [0.15, 0.2) is 0 Å². The van der Waals surface area contributed by atoms with Gasteiger partial charge in [-0.15, -0.1) is 6.58 Å². The molecule has 1 aromatic rings. The molecular weight excluding hydrogens is 252 g/mol. The second-order valence-electron chi connectivity index (χ2n) is 3.56. The van der Waals surface area contributed by atoms with Gasteiger partial charge in [0.05, 0.1) is 0 Å². The third kappa shape index (κ3) is 3.16. The van der Waals surface area contributed by atoms with Gasteiger partial charge in [-0.25, -0.2) is 0 Å². The Morgan fingerprint density at radius 3 is 2.93 bits per heavy atom. The van der Waals surface area contributed by atoms with Crippen LogP contribution < -0.4 is 11.3 Å². The summed E-state index contributed by atoms with van der Waals surface area (Å²) in [6.07, 6.45) is 3.82. The smallest absolute Gasteiger partial charge is 0.0474 e. The van der Waals surface area contributed by atoms with Crippen molar-refractivity contribution in [1.29, 1.82) is 0 Å². The van der Waals surface area contributed by atoms with E-state index in [0.717, 1.165) is 17.3 Å². The minimum absolute atomic E-state index is 0.178. The molecule has 1 rings (SSSR count). The number of hydrogen-bond donors (Lipinski definition) is 2. The van der Waals surface area contributed by atoms with Gasteiger partial charge in [0.1, 0.15) is 0 Å². The highest BCUT2D eigenvalue weighted by molar-refractivity contribution is 9.10. The van der Waals surface area contributed by atoms with E-state index in [1.807, 2.05) is 12.1 Å². The number of benzene rings is 1. The summed E-state index contributed by atoms with van der Waals surface area (Å²) in [4.78, 5) is 0. The number of rotatable bonds is 5. The molecule has 0 saturated carbocycles. The first kappa shape index (κ1) is 12.4. The topological polar surface area (TPSA) is 38.0 Å². The van der Waals surface area contributed by atoms with Crippen LogP contribution in [-0.2, 0) is 0 Å². The van der Waals surface area contributed by atoms with Crippen molar-refractivity contribution >= 4 is 15.9 Å². The van der Waals surface area contributed by atoms with Gasteiger partial charge in [-0.2, -0.15) is 0 Å². The fraction of sp³-hybridized carbons (Fsp3) is 0.333. The molecule has 1 atom stereocenters. The Hall–Kier alpha value is -0.640. The second kappa shape index (κ2) is 6.05. The van der Waals surface area contributed by atoms with Gasteiger partial charge >= 0.3 is 0 Å². The van der Waals surface area contributed by atoms with E-state index in [0.29, 0.717) is 0 Å². The first-order valence-electron chi connectivity index (χ1n) is 5.02. The van der Waals surface area contributed by atoms with Crippen LogP contribution in [0, 0.1) is 6.92 Å². The van der Waals surface area contributed by atoms with E-state index in [9.17, 15) is 0 Å². The molecule has 0 saturated heterocycles. The molecule has 3 N–H and O–H groups in total. The van der Waals surface area contributed by atoms with Crippen LogP contribution in [-0.4, -0.2) is 0 Å². The van der Waals surface area contributed by atoms with Crippen molar-refractivity contribution in [3.63, 3.8) is 0 Å². The molecule has 0 spiro atoms. The van der Waals surface area contributed by atoms with Crippen LogP contribution in [0.15, 0.2) is 35.3 Å². The molecule has 1 unspecified atom stereocenters. The summed E-state index contributed by atoms with van der Waals surface area (Å²) < 4.78 is 1.14. The highest BCUT2D eigenvalue weighted by Gasteiger charge is 2.12. The maximum atomic E-state index is 5.56. The number of allylic oxidation sites excluding steroid dienone is 1. The lowest BCUT2D eigenvalue weighted by molar-refractivity contribution is 0.519. The van der Waals surface area contributed by atoms with Gasteiger partial charge in [0.25, 0.3) is 0 Å². The van der Waals surface area contributed by atoms with Crippen LogP contribution >= 0.6 is 15.9 Å². The van der Waals surface area contributed by atoms with Crippen LogP contribution in [0.25, 0.3) is 0 Å². The van der Waals surface area contributed by atoms with E-state index in [1.54, 1.807) is 0 Å². The van der Waals surface area contributed by atoms with Gasteiger partial charge < -0.3 is 0 Å². The van der Waals surface area contributed by atoms with Gasteiger partial charge in [0.2, 0.25) is 0 Å². The van der Waals surface area contributed by atoms with E-state index in [2.05, 4.69) is 47.0 Å². The summed E-state index contributed by atoms with van der Waals surface area (Å²) in [5.74, 6) is 5.56. The minimum atomic E-state index is 0.178. The first-order chi connectivity index (χ1) is 7.20. The molecular formula is C12H17BrN2. The first-order valence-corrected chi connectivity index (χ1v) is 5.82. The van der Waals surface area contributed by atoms with Gasteiger partial charge in [-0.3, -0.25) is 11.3 Å². The Balaban J connectivity index is 2.90. The van der Waals surface area contributed by atoms with Gasteiger partial charge in [-0.05, 0) is 30.9 Å². The van der Waals surface area contributed by atoms with Crippen LogP contribution in [0.5, 0.6) is 0 Å². The lowest BCUT2D eigenvalue weighted by Crippen LogP contribution is -2.28. The average Bonchev–Trinajstić information content (AvgIpc) is 2.25. The molecule has 0 aliphatic heterocycles. The standard InChI is InChI=1S/C12H17BrN2/c1-3-4-8-11(15-14)10-7-5-6-9(2)12(10)13/h3,5-7,11,15H,1,4,8,14H2,2H3. The molecule has 0 heterocycles. The highest BCUT2D eigenvalue weighted by atomic mass is 79.9. The summed E-state index contributed by atoms with van der Waals surface area (Å²) in [7, 11) is 0. The van der Waals surface area contributed by atoms with Crippen LogP contribution in [0.3, 0.4) is 0 Å². The zero-order valence-electron chi connectivity index (χ0n) is 8.96. The highest BCUT2D eigenvalue weighted by Crippen LogP contribution is 2.28. The van der Waals surface area contributed by atoms with Crippen LogP contribution in [0.1, 0.15) is 30.0 Å². The quantitative estimate of drug-likeness (QED) is 0.489. The maximum Gasteiger partial charge on any atom is 0.0474 e. The summed E-state index contributed by atoms with van der Waals surface area (Å²) in [6.45, 7) is 5.80. The number of hydrazine groups is 1. The largest absolute Gasteiger partial charge is 0.271 e. The van der Waals surface area contributed by atoms with Crippen molar-refractivity contribution in [2.24, 2.45) is 5.84 Å². The van der Waals surface area contributed by atoms with E-state index in [-0.39, 0.29) is 6.04 Å². The lowest BCUT2D eigenvalue weighted by atomic mass is 10.0. The molecule has 15 heavy (non-hydrogen) atoms. The van der Waals surface area contributed by atoms with Crippen molar-refractivity contribution in [3.05, 3.63) is 46.5 Å². The molecule has 0 fully saturated rings. The maximum absolute atomic E-state index is 5.56. The number of nitrogens with two attached hydrogens (primary N) is 1. The molecule has 0 bridgehead atoms. The van der Waals surface area contributed by atoms with Crippen LogP contribution in [0.2, 0.25) is 0 Å². The predicted octanol–water partition coefficient (Wildman–Crippen LogP) is 3.23. The molecule has 0 aliphatic rings. The van der Waals surface area contributed by atoms with Crippen molar-refractivity contribution in [2.75, 3.05) is 0 Å². The lowest BCUT2D eigenvalue weighted by Gasteiger charge is -2.18. The third-order valence-corrected chi connectivity index (χ3v) is 3.54. The zero-order valence-corrected chi connectivity index (χ0v) is 10.5. The third-order valence-electron chi connectivity index (χ3n) is 2.46. The molecule has 3 heteroatoms. The van der Waals surface area contributed by atoms with E-state index >= 15 is 0 Å². The van der Waals surface area contributed by atoms with Crippen molar-refractivity contribution in [2.45, 2.75) is 25.8 Å². The Bertz CT molecular complexity index is 336. The van der Waals surface area contributed by atoms with Crippen LogP contribution in [0.4, 0.5) is 0 Å². The molecule has 0 amide bonds. The Labute approximate surface area is 99.7 Å². The molecule has 82 valence electrons. The molecule has 2 nitrogen and oxygen atoms in total. The average molecular weight is 269 g/mol. The fourth-order valence-electron chi connectivity index (χ4n) is 1.55. The summed E-state index contributed by atoms with van der Waals surface area (Å²) >= 11 is 3.59. The number of hydrogen-bond acceptors (Lipinski definition) is 2. The molecule has 0 radical (unpaired) electrons. The SMILES string of the molecule is C=CCCC(NN)c1cccc(C)c1Br. The Kier molecular flexibility index (Phi) is 5.02. The minimum Gasteiger partial charge on any atom is -0.271 e. The normalized spacial score (nSPS) is 12.5. The number of nitrogens with one attached hydrogen (secondary N) is 1. The second-order valence-corrected chi connectivity index (χ2v) is 4.36. The Morgan fingerprint density at radius 2 is 2.33 bits per heavy atom. The zero-order chi connectivity index (χ0) is 11.3. The molecule has 0 aromatic heterocycles. The van der Waals surface area contributed by atoms with Gasteiger partial charge in [0, 0.05) is 10.5 Å². The van der Waals surface area contributed by atoms with Gasteiger partial charge in [-0.1, -0.05) is 40.2 Å².